The number of nitrogens with one attached hydrogen (secondary N) is 1. The summed E-state index contributed by atoms with van der Waals surface area (Å²) in [5, 5.41) is 3.02. The van der Waals surface area contributed by atoms with Crippen molar-refractivity contribution >= 4 is 28.7 Å². The molecule has 1 aliphatic carbocycles. The summed E-state index contributed by atoms with van der Waals surface area (Å²) in [5.74, 6) is 2.21. The van der Waals surface area contributed by atoms with Crippen LogP contribution in [0.2, 0.25) is 0 Å². The molecule has 1 unspecified atom stereocenters. The summed E-state index contributed by atoms with van der Waals surface area (Å²) in [7, 11) is 0. The zero-order chi connectivity index (χ0) is 26.0. The molecule has 5 nitrogen and oxygen atoms in total. The van der Waals surface area contributed by atoms with Gasteiger partial charge in [0.25, 0.3) is 0 Å². The van der Waals surface area contributed by atoms with Gasteiger partial charge in [-0.2, -0.15) is 0 Å². The summed E-state index contributed by atoms with van der Waals surface area (Å²) in [6, 6.07) is 12.8. The maximum Gasteiger partial charge on any atom is 0.229 e. The number of nitrogens with zero attached hydrogens (tertiary/aromatic N) is 2. The molecule has 0 spiro atoms. The molecular weight excluding hydrogens is 485 g/mol. The van der Waals surface area contributed by atoms with Gasteiger partial charge in [0.15, 0.2) is 11.4 Å². The minimum atomic E-state index is -0.804. The highest BCUT2D eigenvalue weighted by Crippen LogP contribution is 2.44. The molecule has 3 aromatic rings. The Morgan fingerprint density at radius 2 is 2.03 bits per heavy atom. The number of amides is 1. The van der Waals surface area contributed by atoms with Crippen LogP contribution in [-0.4, -0.2) is 21.2 Å². The van der Waals surface area contributed by atoms with Crippen molar-refractivity contribution in [2.24, 2.45) is 0 Å². The van der Waals surface area contributed by atoms with E-state index in [-0.39, 0.29) is 11.7 Å². The minimum Gasteiger partial charge on any atom is -0.479 e. The highest BCUT2D eigenvalue weighted by atomic mass is 32.2. The van der Waals surface area contributed by atoms with Crippen molar-refractivity contribution in [3.8, 4) is 0 Å². The standard InChI is InChI=1S/C30H30FN3O2S/c1-4-34-27-16-11-22(31)19-26(27)33-29(34)30(3)21-7-6-8-23(12-13-24(18-21)36-30)32-28(35)17-20-9-14-25(15-10-20)37-5-2/h6-7,9-11,14-16,18-19H,4-5,12-13,17H2,1-3H3,(H,32,35)/b21-7+. The summed E-state index contributed by atoms with van der Waals surface area (Å²) in [6.45, 7) is 6.85. The van der Waals surface area contributed by atoms with Crippen molar-refractivity contribution in [2.75, 3.05) is 5.75 Å². The van der Waals surface area contributed by atoms with Crippen LogP contribution in [-0.2, 0) is 28.1 Å². The Hall–Kier alpha value is -3.54. The summed E-state index contributed by atoms with van der Waals surface area (Å²) < 4.78 is 22.4. The van der Waals surface area contributed by atoms with E-state index in [1.165, 1.54) is 17.0 Å². The molecule has 2 aliphatic rings. The number of ether oxygens (including phenoxy) is 1. The van der Waals surface area contributed by atoms with Gasteiger partial charge in [0, 0.05) is 35.9 Å². The summed E-state index contributed by atoms with van der Waals surface area (Å²) in [4.78, 5) is 18.7. The van der Waals surface area contributed by atoms with E-state index in [4.69, 9.17) is 9.72 Å². The van der Waals surface area contributed by atoms with E-state index in [0.717, 1.165) is 39.7 Å². The number of aryl methyl sites for hydroxylation is 1. The molecule has 1 amide bonds. The van der Waals surface area contributed by atoms with Crippen LogP contribution >= 0.6 is 11.8 Å². The van der Waals surface area contributed by atoms with Crippen molar-refractivity contribution in [3.05, 3.63) is 101 Å². The fraction of sp³-hybridized carbons (Fsp3) is 0.300. The van der Waals surface area contributed by atoms with E-state index in [0.29, 0.717) is 31.3 Å². The zero-order valence-electron chi connectivity index (χ0n) is 21.3. The predicted molar refractivity (Wildman–Crippen MR) is 145 cm³/mol. The first kappa shape index (κ1) is 25.1. The second kappa shape index (κ2) is 10.4. The van der Waals surface area contributed by atoms with E-state index < -0.39 is 5.60 Å². The Balaban J connectivity index is 1.37. The smallest absolute Gasteiger partial charge is 0.229 e. The van der Waals surface area contributed by atoms with Crippen LogP contribution < -0.4 is 5.32 Å². The average molecular weight is 516 g/mol. The number of hydrogen-bond acceptors (Lipinski definition) is 4. The van der Waals surface area contributed by atoms with E-state index in [1.807, 2.05) is 44.2 Å². The number of hydrogen-bond donors (Lipinski definition) is 1. The van der Waals surface area contributed by atoms with Gasteiger partial charge in [-0.3, -0.25) is 4.79 Å². The molecular formula is C30H30FN3O2S. The number of benzene rings is 2. The number of allylic oxidation sites excluding steroid dienone is 3. The second-order valence-electron chi connectivity index (χ2n) is 9.27. The van der Waals surface area contributed by atoms with Gasteiger partial charge in [0.1, 0.15) is 5.82 Å². The number of halogens is 1. The highest BCUT2D eigenvalue weighted by Gasteiger charge is 2.42. The molecule has 5 rings (SSSR count). The minimum absolute atomic E-state index is 0.0625. The van der Waals surface area contributed by atoms with Gasteiger partial charge < -0.3 is 14.6 Å². The fourth-order valence-corrected chi connectivity index (χ4v) is 5.53. The summed E-state index contributed by atoms with van der Waals surface area (Å²) in [5.41, 5.74) is 6.59. The summed E-state index contributed by atoms with van der Waals surface area (Å²) >= 11 is 1.78. The number of rotatable bonds is 7. The zero-order valence-corrected chi connectivity index (χ0v) is 22.1. The van der Waals surface area contributed by atoms with Gasteiger partial charge in [0.05, 0.1) is 28.9 Å². The Kier molecular flexibility index (Phi) is 7.09. The van der Waals surface area contributed by atoms with Crippen LogP contribution in [0.3, 0.4) is 0 Å². The molecule has 1 N–H and O–H groups in total. The highest BCUT2D eigenvalue weighted by molar-refractivity contribution is 7.99. The first-order valence-corrected chi connectivity index (χ1v) is 13.6. The molecule has 1 aromatic heterocycles. The molecule has 0 saturated heterocycles. The molecule has 0 radical (unpaired) electrons. The van der Waals surface area contributed by atoms with Gasteiger partial charge in [0.2, 0.25) is 5.91 Å². The quantitative estimate of drug-likeness (QED) is 0.286. The number of fused-ring (bicyclic) bond motifs is 2. The molecule has 1 aliphatic heterocycles. The van der Waals surface area contributed by atoms with Crippen LogP contribution in [0.4, 0.5) is 4.39 Å². The Labute approximate surface area is 220 Å². The first-order valence-electron chi connectivity index (χ1n) is 12.6. The molecule has 2 aromatic carbocycles. The van der Waals surface area contributed by atoms with Crippen molar-refractivity contribution in [1.29, 1.82) is 0 Å². The Morgan fingerprint density at radius 3 is 2.78 bits per heavy atom. The van der Waals surface area contributed by atoms with Crippen molar-refractivity contribution < 1.29 is 13.9 Å². The van der Waals surface area contributed by atoms with Gasteiger partial charge in [-0.1, -0.05) is 24.8 Å². The van der Waals surface area contributed by atoms with E-state index in [2.05, 4.69) is 34.7 Å². The molecule has 0 fully saturated rings. The van der Waals surface area contributed by atoms with Gasteiger partial charge in [-0.05, 0) is 67.7 Å². The number of aromatic nitrogens is 2. The van der Waals surface area contributed by atoms with Crippen molar-refractivity contribution in [2.45, 2.75) is 57.1 Å². The maximum absolute atomic E-state index is 13.9. The molecule has 1 atom stereocenters. The molecule has 190 valence electrons. The average Bonchev–Trinajstić information content (AvgIpc) is 3.43. The summed E-state index contributed by atoms with van der Waals surface area (Å²) in [6.07, 6.45) is 7.34. The van der Waals surface area contributed by atoms with Crippen LogP contribution in [0.25, 0.3) is 11.0 Å². The fourth-order valence-electron chi connectivity index (χ4n) is 4.87. The normalized spacial score (nSPS) is 20.3. The van der Waals surface area contributed by atoms with Gasteiger partial charge in [-0.25, -0.2) is 9.37 Å². The molecule has 7 heteroatoms. The molecule has 37 heavy (non-hydrogen) atoms. The Morgan fingerprint density at radius 1 is 1.22 bits per heavy atom. The second-order valence-corrected chi connectivity index (χ2v) is 10.6. The van der Waals surface area contributed by atoms with Crippen molar-refractivity contribution in [3.63, 3.8) is 0 Å². The van der Waals surface area contributed by atoms with E-state index >= 15 is 0 Å². The lowest BCUT2D eigenvalue weighted by Crippen LogP contribution is -2.28. The lowest BCUT2D eigenvalue weighted by Gasteiger charge is -2.27. The number of carbonyl (C=O) groups is 1. The van der Waals surface area contributed by atoms with Gasteiger partial charge >= 0.3 is 0 Å². The van der Waals surface area contributed by atoms with Crippen LogP contribution in [0.15, 0.2) is 88.3 Å². The predicted octanol–water partition coefficient (Wildman–Crippen LogP) is 6.55. The van der Waals surface area contributed by atoms with Crippen LogP contribution in [0, 0.1) is 5.82 Å². The Bertz CT molecular complexity index is 1480. The lowest BCUT2D eigenvalue weighted by atomic mass is 9.95. The van der Waals surface area contributed by atoms with Crippen LogP contribution in [0.1, 0.15) is 45.0 Å². The largest absolute Gasteiger partial charge is 0.479 e. The SMILES string of the molecule is CCSc1ccc(CC(=O)NC2=C=C/C=C3\C=C(CC2)OC3(C)c2nc3cc(F)ccc3n2CC)cc1. The monoisotopic (exact) mass is 515 g/mol. The third kappa shape index (κ3) is 5.15. The number of carbonyl (C=O) groups excluding carboxylic acids is 1. The lowest BCUT2D eigenvalue weighted by molar-refractivity contribution is -0.119. The van der Waals surface area contributed by atoms with E-state index in [9.17, 15) is 9.18 Å². The van der Waals surface area contributed by atoms with E-state index in [1.54, 1.807) is 17.8 Å². The van der Waals surface area contributed by atoms with Crippen LogP contribution in [0.5, 0.6) is 0 Å². The molecule has 0 saturated carbocycles. The molecule has 2 heterocycles. The third-order valence-electron chi connectivity index (χ3n) is 6.69. The first-order chi connectivity index (χ1) is 17.9. The maximum atomic E-state index is 13.9. The topological polar surface area (TPSA) is 56.1 Å². The van der Waals surface area contributed by atoms with Gasteiger partial charge in [-0.15, -0.1) is 11.8 Å². The molecule has 2 bridgehead atoms. The number of thioether (sulfide) groups is 1. The third-order valence-corrected chi connectivity index (χ3v) is 7.58. The number of imidazole rings is 1. The van der Waals surface area contributed by atoms with Crippen molar-refractivity contribution in [1.82, 2.24) is 14.9 Å².